The molecule has 2 aromatic heterocycles. The third-order valence-corrected chi connectivity index (χ3v) is 5.87. The van der Waals surface area contributed by atoms with Crippen molar-refractivity contribution in [3.8, 4) is 0 Å². The second-order valence-electron chi connectivity index (χ2n) is 7.61. The van der Waals surface area contributed by atoms with Gasteiger partial charge in [-0.05, 0) is 38.0 Å². The van der Waals surface area contributed by atoms with Gasteiger partial charge in [0.05, 0.1) is 0 Å². The zero-order chi connectivity index (χ0) is 19.5. The van der Waals surface area contributed by atoms with Crippen LogP contribution in [0.4, 0.5) is 0 Å². The van der Waals surface area contributed by atoms with E-state index >= 15 is 0 Å². The van der Waals surface area contributed by atoms with Crippen molar-refractivity contribution in [2.45, 2.75) is 32.2 Å². The van der Waals surface area contributed by atoms with Gasteiger partial charge in [0.25, 0.3) is 5.91 Å². The number of aromatic nitrogens is 1. The topological polar surface area (TPSA) is 49.6 Å². The molecule has 0 spiro atoms. The Hall–Kier alpha value is -2.66. The van der Waals surface area contributed by atoms with E-state index in [0.717, 1.165) is 61.1 Å². The molecule has 0 bridgehead atoms. The first-order valence-corrected chi connectivity index (χ1v) is 10.0. The number of likely N-dealkylation sites (tertiary alicyclic amines) is 1. The lowest BCUT2D eigenvalue weighted by molar-refractivity contribution is 0.0614. The zero-order valence-corrected chi connectivity index (χ0v) is 16.6. The number of furan rings is 1. The van der Waals surface area contributed by atoms with E-state index in [1.165, 1.54) is 0 Å². The minimum atomic E-state index is -0.0133. The van der Waals surface area contributed by atoms with Gasteiger partial charge < -0.3 is 14.2 Å². The molecule has 1 amide bonds. The number of hydrogen-bond acceptors (Lipinski definition) is 4. The van der Waals surface area contributed by atoms with Gasteiger partial charge in [-0.2, -0.15) is 0 Å². The molecule has 5 heteroatoms. The first kappa shape index (κ1) is 18.7. The lowest BCUT2D eigenvalue weighted by Gasteiger charge is -2.36. The Kier molecular flexibility index (Phi) is 5.44. The van der Waals surface area contributed by atoms with Crippen LogP contribution in [-0.4, -0.2) is 53.4 Å². The highest BCUT2D eigenvalue weighted by molar-refractivity contribution is 5.98. The average molecular weight is 377 g/mol. The number of nitrogens with zero attached hydrogens (tertiary/aromatic N) is 3. The Bertz CT molecular complexity index is 943. The van der Waals surface area contributed by atoms with Crippen LogP contribution in [0.15, 0.2) is 53.1 Å². The summed E-state index contributed by atoms with van der Waals surface area (Å²) in [5.41, 5.74) is 2.85. The number of piperidine rings is 1. The largest absolute Gasteiger partial charge is 0.451 e. The number of carbonyl (C=O) groups is 1. The van der Waals surface area contributed by atoms with Gasteiger partial charge in [0.15, 0.2) is 5.76 Å². The Labute approximate surface area is 166 Å². The summed E-state index contributed by atoms with van der Waals surface area (Å²) in [7, 11) is 1.91. The van der Waals surface area contributed by atoms with Crippen molar-refractivity contribution in [2.75, 3.05) is 26.7 Å². The summed E-state index contributed by atoms with van der Waals surface area (Å²) in [6, 6.07) is 14.2. The molecular formula is C23H27N3O2. The third kappa shape index (κ3) is 3.80. The Morgan fingerprint density at radius 2 is 1.93 bits per heavy atom. The molecule has 0 atom stereocenters. The summed E-state index contributed by atoms with van der Waals surface area (Å²) in [6.45, 7) is 5.00. The fraction of sp³-hybridized carbons (Fsp3) is 0.391. The maximum absolute atomic E-state index is 13.0. The molecule has 1 aliphatic heterocycles. The Morgan fingerprint density at radius 3 is 2.64 bits per heavy atom. The number of amides is 1. The molecule has 1 aliphatic rings. The molecule has 1 fully saturated rings. The van der Waals surface area contributed by atoms with Crippen LogP contribution in [-0.2, 0) is 6.42 Å². The zero-order valence-electron chi connectivity index (χ0n) is 16.6. The molecule has 1 saturated heterocycles. The highest BCUT2D eigenvalue weighted by Crippen LogP contribution is 2.27. The van der Waals surface area contributed by atoms with E-state index < -0.39 is 0 Å². The molecular weight excluding hydrogens is 350 g/mol. The normalized spacial score (nSPS) is 15.8. The summed E-state index contributed by atoms with van der Waals surface area (Å²) >= 11 is 0. The van der Waals surface area contributed by atoms with E-state index in [2.05, 4.69) is 16.0 Å². The quantitative estimate of drug-likeness (QED) is 0.676. The SMILES string of the molecule is Cc1c(C(=O)N(C)C2CCN(CCc3ccccn3)CC2)oc2ccccc12. The summed E-state index contributed by atoms with van der Waals surface area (Å²) in [5, 5.41) is 1.02. The second-order valence-corrected chi connectivity index (χ2v) is 7.61. The molecule has 0 saturated carbocycles. The standard InChI is InChI=1S/C23H27N3O2/c1-17-20-8-3-4-9-21(20)28-22(17)23(27)25(2)19-11-15-26(16-12-19)14-10-18-7-5-6-13-24-18/h3-9,13,19H,10-12,14-16H2,1-2H3. The molecule has 0 unspecified atom stereocenters. The van der Waals surface area contributed by atoms with Crippen molar-refractivity contribution in [1.29, 1.82) is 0 Å². The molecule has 0 radical (unpaired) electrons. The molecule has 0 N–H and O–H groups in total. The van der Waals surface area contributed by atoms with Crippen LogP contribution in [0, 0.1) is 6.92 Å². The highest BCUT2D eigenvalue weighted by atomic mass is 16.3. The molecule has 5 nitrogen and oxygen atoms in total. The molecule has 1 aromatic carbocycles. The second kappa shape index (κ2) is 8.15. The van der Waals surface area contributed by atoms with Crippen LogP contribution >= 0.6 is 0 Å². The number of carbonyl (C=O) groups excluding carboxylic acids is 1. The van der Waals surface area contributed by atoms with Gasteiger partial charge in [-0.3, -0.25) is 9.78 Å². The number of aryl methyl sites for hydroxylation is 1. The number of hydrogen-bond donors (Lipinski definition) is 0. The number of benzene rings is 1. The van der Waals surface area contributed by atoms with Crippen molar-refractivity contribution < 1.29 is 9.21 Å². The van der Waals surface area contributed by atoms with Gasteiger partial charge in [0.1, 0.15) is 5.58 Å². The van der Waals surface area contributed by atoms with Crippen LogP contribution in [0.25, 0.3) is 11.0 Å². The lowest BCUT2D eigenvalue weighted by Crippen LogP contribution is -2.46. The first-order valence-electron chi connectivity index (χ1n) is 10.0. The molecule has 4 rings (SSSR count). The van der Waals surface area contributed by atoms with Gasteiger partial charge in [0, 0.05) is 62.0 Å². The lowest BCUT2D eigenvalue weighted by atomic mass is 10.0. The van der Waals surface area contributed by atoms with Crippen LogP contribution in [0.2, 0.25) is 0 Å². The van der Waals surface area contributed by atoms with Crippen molar-refractivity contribution >= 4 is 16.9 Å². The minimum absolute atomic E-state index is 0.0133. The molecule has 28 heavy (non-hydrogen) atoms. The van der Waals surface area contributed by atoms with E-state index in [1.807, 2.05) is 61.5 Å². The van der Waals surface area contributed by atoms with E-state index in [0.29, 0.717) is 5.76 Å². The fourth-order valence-corrected chi connectivity index (χ4v) is 4.05. The Balaban J connectivity index is 1.35. The number of rotatable bonds is 5. The van der Waals surface area contributed by atoms with Crippen molar-refractivity contribution in [3.05, 3.63) is 65.7 Å². The van der Waals surface area contributed by atoms with Gasteiger partial charge in [-0.25, -0.2) is 0 Å². The van der Waals surface area contributed by atoms with Crippen molar-refractivity contribution in [1.82, 2.24) is 14.8 Å². The van der Waals surface area contributed by atoms with Crippen LogP contribution in [0.1, 0.15) is 34.7 Å². The summed E-state index contributed by atoms with van der Waals surface area (Å²) in [5.74, 6) is 0.460. The van der Waals surface area contributed by atoms with E-state index in [4.69, 9.17) is 4.42 Å². The average Bonchev–Trinajstić information content (AvgIpc) is 3.09. The predicted octanol–water partition coefficient (Wildman–Crippen LogP) is 3.92. The van der Waals surface area contributed by atoms with Crippen LogP contribution in [0.5, 0.6) is 0 Å². The maximum Gasteiger partial charge on any atom is 0.289 e. The molecule has 3 aromatic rings. The molecule has 0 aliphatic carbocycles. The van der Waals surface area contributed by atoms with Crippen LogP contribution in [0.3, 0.4) is 0 Å². The monoisotopic (exact) mass is 377 g/mol. The summed E-state index contributed by atoms with van der Waals surface area (Å²) in [6.07, 6.45) is 4.80. The third-order valence-electron chi connectivity index (χ3n) is 5.87. The smallest absolute Gasteiger partial charge is 0.289 e. The minimum Gasteiger partial charge on any atom is -0.451 e. The van der Waals surface area contributed by atoms with Crippen molar-refractivity contribution in [3.63, 3.8) is 0 Å². The molecule has 3 heterocycles. The van der Waals surface area contributed by atoms with Gasteiger partial charge >= 0.3 is 0 Å². The van der Waals surface area contributed by atoms with Gasteiger partial charge in [-0.1, -0.05) is 24.3 Å². The number of para-hydroxylation sites is 1. The predicted molar refractivity (Wildman–Crippen MR) is 110 cm³/mol. The van der Waals surface area contributed by atoms with Crippen molar-refractivity contribution in [2.24, 2.45) is 0 Å². The van der Waals surface area contributed by atoms with Gasteiger partial charge in [0.2, 0.25) is 0 Å². The van der Waals surface area contributed by atoms with E-state index in [9.17, 15) is 4.79 Å². The summed E-state index contributed by atoms with van der Waals surface area (Å²) in [4.78, 5) is 21.8. The summed E-state index contributed by atoms with van der Waals surface area (Å²) < 4.78 is 5.87. The van der Waals surface area contributed by atoms with E-state index in [-0.39, 0.29) is 11.9 Å². The molecule has 146 valence electrons. The highest BCUT2D eigenvalue weighted by Gasteiger charge is 2.28. The fourth-order valence-electron chi connectivity index (χ4n) is 4.05. The van der Waals surface area contributed by atoms with Gasteiger partial charge in [-0.15, -0.1) is 0 Å². The van der Waals surface area contributed by atoms with E-state index in [1.54, 1.807) is 0 Å². The number of pyridine rings is 1. The number of fused-ring (bicyclic) bond motifs is 1. The first-order chi connectivity index (χ1) is 13.6. The maximum atomic E-state index is 13.0. The Morgan fingerprint density at radius 1 is 1.18 bits per heavy atom. The van der Waals surface area contributed by atoms with Crippen LogP contribution < -0.4 is 0 Å².